The van der Waals surface area contributed by atoms with Crippen LogP contribution in [0.25, 0.3) is 0 Å². The number of nitrogens with one attached hydrogen (secondary N) is 2. The van der Waals surface area contributed by atoms with Gasteiger partial charge in [-0.25, -0.2) is 4.98 Å². The first kappa shape index (κ1) is 12.0. The Morgan fingerprint density at radius 2 is 2.50 bits per heavy atom. The molecule has 0 aromatic carbocycles. The van der Waals surface area contributed by atoms with Gasteiger partial charge in [-0.15, -0.1) is 11.3 Å². The molecule has 0 amide bonds. The molecule has 16 heavy (non-hydrogen) atoms. The Bertz CT molecular complexity index is 268. The van der Waals surface area contributed by atoms with Crippen molar-refractivity contribution in [1.82, 2.24) is 15.6 Å². The topological polar surface area (TPSA) is 37.0 Å². The summed E-state index contributed by atoms with van der Waals surface area (Å²) in [6.45, 7) is 4.65. The summed E-state index contributed by atoms with van der Waals surface area (Å²) in [6, 6.07) is 0. The van der Waals surface area contributed by atoms with Crippen LogP contribution in [0.4, 0.5) is 0 Å². The van der Waals surface area contributed by atoms with E-state index in [1.54, 1.807) is 11.3 Å². The van der Waals surface area contributed by atoms with E-state index in [4.69, 9.17) is 0 Å². The average molecular weight is 239 g/mol. The minimum atomic E-state index is 0.890. The molecule has 1 aliphatic rings. The third-order valence-electron chi connectivity index (χ3n) is 3.13. The number of aromatic nitrogens is 1. The van der Waals surface area contributed by atoms with Gasteiger partial charge in [0.2, 0.25) is 0 Å². The van der Waals surface area contributed by atoms with E-state index in [1.165, 1.54) is 37.4 Å². The van der Waals surface area contributed by atoms with Gasteiger partial charge in [-0.1, -0.05) is 0 Å². The molecule has 1 fully saturated rings. The van der Waals surface area contributed by atoms with Crippen molar-refractivity contribution in [3.8, 4) is 0 Å². The third-order valence-corrected chi connectivity index (χ3v) is 3.97. The van der Waals surface area contributed by atoms with Gasteiger partial charge in [-0.05, 0) is 44.8 Å². The molecule has 4 heteroatoms. The van der Waals surface area contributed by atoms with Gasteiger partial charge in [0.25, 0.3) is 0 Å². The van der Waals surface area contributed by atoms with Crippen LogP contribution in [0, 0.1) is 5.92 Å². The molecule has 1 saturated heterocycles. The lowest BCUT2D eigenvalue weighted by molar-refractivity contribution is 0.352. The van der Waals surface area contributed by atoms with Crippen LogP contribution in [-0.2, 0) is 6.42 Å². The van der Waals surface area contributed by atoms with Gasteiger partial charge in [0.1, 0.15) is 0 Å². The summed E-state index contributed by atoms with van der Waals surface area (Å²) >= 11 is 1.75. The Morgan fingerprint density at radius 1 is 1.50 bits per heavy atom. The molecule has 0 bridgehead atoms. The van der Waals surface area contributed by atoms with Crippen LogP contribution in [0.2, 0.25) is 0 Å². The predicted molar refractivity (Wildman–Crippen MR) is 68.9 cm³/mol. The summed E-state index contributed by atoms with van der Waals surface area (Å²) in [5.41, 5.74) is 0. The van der Waals surface area contributed by atoms with Gasteiger partial charge in [0.05, 0.1) is 5.01 Å². The van der Waals surface area contributed by atoms with Crippen LogP contribution in [0.15, 0.2) is 11.6 Å². The quantitative estimate of drug-likeness (QED) is 0.741. The van der Waals surface area contributed by atoms with E-state index < -0.39 is 0 Å². The zero-order valence-corrected chi connectivity index (χ0v) is 10.6. The van der Waals surface area contributed by atoms with Gasteiger partial charge in [0.15, 0.2) is 0 Å². The highest BCUT2D eigenvalue weighted by atomic mass is 32.1. The average Bonchev–Trinajstić information content (AvgIpc) is 2.83. The number of thiazole rings is 1. The van der Waals surface area contributed by atoms with Crippen molar-refractivity contribution in [2.75, 3.05) is 26.2 Å². The highest BCUT2D eigenvalue weighted by Crippen LogP contribution is 2.12. The van der Waals surface area contributed by atoms with E-state index in [9.17, 15) is 0 Å². The fourth-order valence-electron chi connectivity index (χ4n) is 2.17. The van der Waals surface area contributed by atoms with Gasteiger partial charge in [0, 0.05) is 24.5 Å². The van der Waals surface area contributed by atoms with Crippen LogP contribution in [0.1, 0.15) is 24.3 Å². The number of rotatable bonds is 6. The molecule has 1 aliphatic heterocycles. The molecule has 90 valence electrons. The van der Waals surface area contributed by atoms with Crippen LogP contribution in [0.5, 0.6) is 0 Å². The largest absolute Gasteiger partial charge is 0.316 e. The van der Waals surface area contributed by atoms with E-state index in [0.717, 1.165) is 25.4 Å². The fraction of sp³-hybridized carbons (Fsp3) is 0.750. The molecule has 1 aromatic rings. The van der Waals surface area contributed by atoms with Crippen molar-refractivity contribution < 1.29 is 0 Å². The third kappa shape index (κ3) is 4.20. The Morgan fingerprint density at radius 3 is 3.25 bits per heavy atom. The molecule has 2 heterocycles. The van der Waals surface area contributed by atoms with Gasteiger partial charge >= 0.3 is 0 Å². The van der Waals surface area contributed by atoms with Crippen LogP contribution >= 0.6 is 11.3 Å². The molecule has 1 atom stereocenters. The van der Waals surface area contributed by atoms with Crippen molar-refractivity contribution in [1.29, 1.82) is 0 Å². The van der Waals surface area contributed by atoms with Crippen molar-refractivity contribution in [2.24, 2.45) is 5.92 Å². The Hall–Kier alpha value is -0.450. The maximum atomic E-state index is 4.27. The van der Waals surface area contributed by atoms with Crippen molar-refractivity contribution in [3.05, 3.63) is 16.6 Å². The van der Waals surface area contributed by atoms with Gasteiger partial charge < -0.3 is 10.6 Å². The van der Waals surface area contributed by atoms with Crippen LogP contribution in [-0.4, -0.2) is 31.2 Å². The Balaban J connectivity index is 1.48. The number of nitrogens with zero attached hydrogens (tertiary/aromatic N) is 1. The first-order valence-corrected chi connectivity index (χ1v) is 7.13. The summed E-state index contributed by atoms with van der Waals surface area (Å²) in [7, 11) is 0. The van der Waals surface area contributed by atoms with Crippen molar-refractivity contribution >= 4 is 11.3 Å². The molecule has 0 aliphatic carbocycles. The summed E-state index contributed by atoms with van der Waals surface area (Å²) < 4.78 is 0. The summed E-state index contributed by atoms with van der Waals surface area (Å²) in [6.07, 6.45) is 7.02. The predicted octanol–water partition coefficient (Wildman–Crippen LogP) is 1.66. The minimum absolute atomic E-state index is 0.890. The van der Waals surface area contributed by atoms with Gasteiger partial charge in [-0.2, -0.15) is 0 Å². The standard InChI is InChI=1S/C12H21N3S/c1-2-11(10-14-5-1)3-6-13-7-4-12-15-8-9-16-12/h8-9,11,13-14H,1-7,10H2. The van der Waals surface area contributed by atoms with E-state index in [1.807, 2.05) is 11.6 Å². The Labute approximate surface area is 102 Å². The highest BCUT2D eigenvalue weighted by molar-refractivity contribution is 7.09. The number of hydrogen-bond donors (Lipinski definition) is 2. The number of hydrogen-bond acceptors (Lipinski definition) is 4. The smallest absolute Gasteiger partial charge is 0.0937 e. The van der Waals surface area contributed by atoms with Crippen molar-refractivity contribution in [2.45, 2.75) is 25.7 Å². The van der Waals surface area contributed by atoms with Crippen LogP contribution < -0.4 is 10.6 Å². The minimum Gasteiger partial charge on any atom is -0.316 e. The molecule has 0 radical (unpaired) electrons. The lowest BCUT2D eigenvalue weighted by Gasteiger charge is -2.22. The molecule has 0 spiro atoms. The van der Waals surface area contributed by atoms with E-state index in [2.05, 4.69) is 15.6 Å². The monoisotopic (exact) mass is 239 g/mol. The second kappa shape index (κ2) is 6.99. The maximum Gasteiger partial charge on any atom is 0.0937 e. The highest BCUT2D eigenvalue weighted by Gasteiger charge is 2.11. The molecular formula is C12H21N3S. The molecule has 2 rings (SSSR count). The molecule has 0 saturated carbocycles. The van der Waals surface area contributed by atoms with Gasteiger partial charge in [-0.3, -0.25) is 0 Å². The maximum absolute atomic E-state index is 4.27. The molecule has 2 N–H and O–H groups in total. The van der Waals surface area contributed by atoms with E-state index >= 15 is 0 Å². The van der Waals surface area contributed by atoms with Crippen molar-refractivity contribution in [3.63, 3.8) is 0 Å². The second-order valence-electron chi connectivity index (χ2n) is 4.43. The summed E-state index contributed by atoms with van der Waals surface area (Å²) in [4.78, 5) is 4.27. The Kier molecular flexibility index (Phi) is 5.25. The normalized spacial score (nSPS) is 21.1. The van der Waals surface area contributed by atoms with E-state index in [0.29, 0.717) is 0 Å². The lowest BCUT2D eigenvalue weighted by atomic mass is 9.96. The zero-order chi connectivity index (χ0) is 11.1. The molecule has 3 nitrogen and oxygen atoms in total. The second-order valence-corrected chi connectivity index (χ2v) is 5.41. The SMILES string of the molecule is c1csc(CCNCCC2CCCNC2)n1. The summed E-state index contributed by atoms with van der Waals surface area (Å²) in [5.74, 6) is 0.890. The first-order chi connectivity index (χ1) is 7.95. The fourth-order valence-corrected chi connectivity index (χ4v) is 2.79. The summed E-state index contributed by atoms with van der Waals surface area (Å²) in [5, 5.41) is 10.3. The first-order valence-electron chi connectivity index (χ1n) is 6.25. The number of piperidine rings is 1. The molecule has 1 aromatic heterocycles. The molecular weight excluding hydrogens is 218 g/mol. The zero-order valence-electron chi connectivity index (χ0n) is 9.74. The van der Waals surface area contributed by atoms with E-state index in [-0.39, 0.29) is 0 Å². The van der Waals surface area contributed by atoms with Crippen LogP contribution in [0.3, 0.4) is 0 Å². The molecule has 1 unspecified atom stereocenters. The lowest BCUT2D eigenvalue weighted by Crippen LogP contribution is -2.32.